The summed E-state index contributed by atoms with van der Waals surface area (Å²) in [6.07, 6.45) is 4.93. The van der Waals surface area contributed by atoms with Crippen LogP contribution in [0.25, 0.3) is 0 Å². The minimum atomic E-state index is 0.106. The minimum Gasteiger partial charge on any atom is -0.379 e. The number of ether oxygens (including phenoxy) is 1. The van der Waals surface area contributed by atoms with Crippen LogP contribution >= 0.6 is 0 Å². The van der Waals surface area contributed by atoms with Gasteiger partial charge in [0.15, 0.2) is 0 Å². The lowest BCUT2D eigenvalue weighted by molar-refractivity contribution is 0.0378. The van der Waals surface area contributed by atoms with Crippen LogP contribution < -0.4 is 5.32 Å². The molecule has 0 amide bonds. The van der Waals surface area contributed by atoms with Crippen molar-refractivity contribution in [2.45, 2.75) is 32.6 Å². The highest BCUT2D eigenvalue weighted by molar-refractivity contribution is 5.26. The predicted molar refractivity (Wildman–Crippen MR) is 81.1 cm³/mol. The molecule has 0 radical (unpaired) electrons. The van der Waals surface area contributed by atoms with E-state index in [9.17, 15) is 0 Å². The van der Waals surface area contributed by atoms with Crippen LogP contribution in [0.3, 0.4) is 0 Å². The lowest BCUT2D eigenvalue weighted by Gasteiger charge is -2.26. The summed E-state index contributed by atoms with van der Waals surface area (Å²) in [5.74, 6) is 0.722. The number of hydrogen-bond acceptors (Lipinski definition) is 5. The predicted octanol–water partition coefficient (Wildman–Crippen LogP) is 1.91. The molecule has 1 aliphatic rings. The molecule has 1 aromatic rings. The third kappa shape index (κ3) is 4.72. The van der Waals surface area contributed by atoms with Crippen molar-refractivity contribution in [2.75, 3.05) is 44.7 Å². The van der Waals surface area contributed by atoms with Crippen molar-refractivity contribution in [2.24, 2.45) is 0 Å². The van der Waals surface area contributed by atoms with Gasteiger partial charge in [0.25, 0.3) is 0 Å². The monoisotopic (exact) mass is 278 g/mol. The molecule has 1 fully saturated rings. The molecule has 0 unspecified atom stereocenters. The first-order valence-electron chi connectivity index (χ1n) is 7.42. The zero-order chi connectivity index (χ0) is 14.4. The van der Waals surface area contributed by atoms with Crippen molar-refractivity contribution >= 4 is 5.95 Å². The van der Waals surface area contributed by atoms with Gasteiger partial charge >= 0.3 is 0 Å². The van der Waals surface area contributed by atoms with Gasteiger partial charge < -0.3 is 10.1 Å². The second-order valence-electron chi connectivity index (χ2n) is 6.28. The smallest absolute Gasteiger partial charge is 0.222 e. The summed E-state index contributed by atoms with van der Waals surface area (Å²) in [7, 11) is 0. The summed E-state index contributed by atoms with van der Waals surface area (Å²) in [4.78, 5) is 11.2. The van der Waals surface area contributed by atoms with E-state index in [1.165, 1.54) is 0 Å². The van der Waals surface area contributed by atoms with Crippen molar-refractivity contribution in [1.29, 1.82) is 0 Å². The van der Waals surface area contributed by atoms with E-state index in [0.717, 1.165) is 57.3 Å². The summed E-state index contributed by atoms with van der Waals surface area (Å²) < 4.78 is 5.34. The van der Waals surface area contributed by atoms with Crippen LogP contribution in [-0.2, 0) is 10.2 Å². The Kier molecular flexibility index (Phi) is 5.31. The summed E-state index contributed by atoms with van der Waals surface area (Å²) in [5.41, 5.74) is 1.27. The average Bonchev–Trinajstić information content (AvgIpc) is 2.44. The SMILES string of the molecule is CC(C)(C)c1cnc(NCCCN2CCOCC2)nc1. The van der Waals surface area contributed by atoms with Gasteiger partial charge in [-0.3, -0.25) is 4.90 Å². The Morgan fingerprint density at radius 3 is 2.45 bits per heavy atom. The molecule has 1 aliphatic heterocycles. The molecule has 1 aromatic heterocycles. The van der Waals surface area contributed by atoms with E-state index < -0.39 is 0 Å². The number of aromatic nitrogens is 2. The zero-order valence-corrected chi connectivity index (χ0v) is 12.9. The molecule has 5 heteroatoms. The summed E-state index contributed by atoms with van der Waals surface area (Å²) >= 11 is 0. The molecule has 0 saturated carbocycles. The molecule has 20 heavy (non-hydrogen) atoms. The van der Waals surface area contributed by atoms with E-state index in [-0.39, 0.29) is 5.41 Å². The second-order valence-corrected chi connectivity index (χ2v) is 6.28. The second kappa shape index (κ2) is 6.99. The van der Waals surface area contributed by atoms with Gasteiger partial charge in [0.1, 0.15) is 0 Å². The van der Waals surface area contributed by atoms with Crippen LogP contribution in [0.15, 0.2) is 12.4 Å². The Balaban J connectivity index is 1.68. The molecular weight excluding hydrogens is 252 g/mol. The Labute approximate surface area is 121 Å². The quantitative estimate of drug-likeness (QED) is 0.834. The number of nitrogens with one attached hydrogen (secondary N) is 1. The summed E-state index contributed by atoms with van der Waals surface area (Å²) in [6.45, 7) is 12.4. The maximum absolute atomic E-state index is 5.34. The van der Waals surface area contributed by atoms with Gasteiger partial charge in [-0.2, -0.15) is 0 Å². The molecular formula is C15H26N4O. The van der Waals surface area contributed by atoms with Crippen LogP contribution in [0.2, 0.25) is 0 Å². The fourth-order valence-corrected chi connectivity index (χ4v) is 2.13. The van der Waals surface area contributed by atoms with E-state index in [4.69, 9.17) is 4.74 Å². The average molecular weight is 278 g/mol. The third-order valence-corrected chi connectivity index (χ3v) is 3.56. The number of rotatable bonds is 5. The van der Waals surface area contributed by atoms with E-state index >= 15 is 0 Å². The lowest BCUT2D eigenvalue weighted by atomic mass is 9.89. The molecule has 2 rings (SSSR count). The van der Waals surface area contributed by atoms with Crippen molar-refractivity contribution < 1.29 is 4.74 Å². The largest absolute Gasteiger partial charge is 0.379 e. The molecule has 1 saturated heterocycles. The molecule has 0 aliphatic carbocycles. The van der Waals surface area contributed by atoms with Crippen LogP contribution in [0.1, 0.15) is 32.8 Å². The van der Waals surface area contributed by atoms with Gasteiger partial charge in [-0.15, -0.1) is 0 Å². The zero-order valence-electron chi connectivity index (χ0n) is 12.9. The maximum Gasteiger partial charge on any atom is 0.222 e. The van der Waals surface area contributed by atoms with Crippen molar-refractivity contribution in [3.05, 3.63) is 18.0 Å². The van der Waals surface area contributed by atoms with Crippen molar-refractivity contribution in [3.63, 3.8) is 0 Å². The van der Waals surface area contributed by atoms with Gasteiger partial charge in [0.2, 0.25) is 5.95 Å². The standard InChI is InChI=1S/C15H26N4O/c1-15(2,3)13-11-17-14(18-12-13)16-5-4-6-19-7-9-20-10-8-19/h11-12H,4-10H2,1-3H3,(H,16,17,18). The lowest BCUT2D eigenvalue weighted by Crippen LogP contribution is -2.37. The van der Waals surface area contributed by atoms with Crippen molar-refractivity contribution in [1.82, 2.24) is 14.9 Å². The van der Waals surface area contributed by atoms with E-state index in [2.05, 4.69) is 41.0 Å². The number of nitrogens with zero attached hydrogens (tertiary/aromatic N) is 3. The molecule has 0 bridgehead atoms. The third-order valence-electron chi connectivity index (χ3n) is 3.56. The highest BCUT2D eigenvalue weighted by Crippen LogP contribution is 2.20. The van der Waals surface area contributed by atoms with E-state index in [1.807, 2.05) is 12.4 Å². The fourth-order valence-electron chi connectivity index (χ4n) is 2.13. The van der Waals surface area contributed by atoms with Crippen LogP contribution in [0, 0.1) is 0 Å². The van der Waals surface area contributed by atoms with Crippen molar-refractivity contribution in [3.8, 4) is 0 Å². The number of morpholine rings is 1. The normalized spacial score (nSPS) is 17.1. The Hall–Kier alpha value is -1.20. The number of hydrogen-bond donors (Lipinski definition) is 1. The molecule has 2 heterocycles. The van der Waals surface area contributed by atoms with Crippen LogP contribution in [0.4, 0.5) is 5.95 Å². The van der Waals surface area contributed by atoms with Gasteiger partial charge in [-0.25, -0.2) is 9.97 Å². The Bertz CT molecular complexity index is 393. The maximum atomic E-state index is 5.34. The summed E-state index contributed by atoms with van der Waals surface area (Å²) in [6, 6.07) is 0. The first kappa shape index (κ1) is 15.2. The first-order chi connectivity index (χ1) is 9.55. The van der Waals surface area contributed by atoms with Gasteiger partial charge in [-0.1, -0.05) is 20.8 Å². The van der Waals surface area contributed by atoms with Gasteiger partial charge in [0, 0.05) is 32.0 Å². The Morgan fingerprint density at radius 1 is 1.20 bits per heavy atom. The summed E-state index contributed by atoms with van der Waals surface area (Å²) in [5, 5.41) is 3.28. The number of anilines is 1. The first-order valence-corrected chi connectivity index (χ1v) is 7.42. The molecule has 0 aromatic carbocycles. The van der Waals surface area contributed by atoms with Gasteiger partial charge in [-0.05, 0) is 23.9 Å². The molecule has 0 spiro atoms. The van der Waals surface area contributed by atoms with E-state index in [1.54, 1.807) is 0 Å². The van der Waals surface area contributed by atoms with Crippen LogP contribution in [-0.4, -0.2) is 54.3 Å². The molecule has 0 atom stereocenters. The van der Waals surface area contributed by atoms with Gasteiger partial charge in [0.05, 0.1) is 13.2 Å². The highest BCUT2D eigenvalue weighted by Gasteiger charge is 2.14. The molecule has 1 N–H and O–H groups in total. The molecule has 5 nitrogen and oxygen atoms in total. The van der Waals surface area contributed by atoms with Crippen LogP contribution in [0.5, 0.6) is 0 Å². The van der Waals surface area contributed by atoms with E-state index in [0.29, 0.717) is 0 Å². The Morgan fingerprint density at radius 2 is 1.85 bits per heavy atom. The minimum absolute atomic E-state index is 0.106. The topological polar surface area (TPSA) is 50.3 Å². The molecule has 112 valence electrons. The fraction of sp³-hybridized carbons (Fsp3) is 0.733. The highest BCUT2D eigenvalue weighted by atomic mass is 16.5.